The van der Waals surface area contributed by atoms with Crippen molar-refractivity contribution >= 4 is 29.1 Å². The highest BCUT2D eigenvalue weighted by Crippen LogP contribution is 2.38. The molecule has 0 saturated heterocycles. The summed E-state index contributed by atoms with van der Waals surface area (Å²) < 4.78 is 8.19. The fraction of sp³-hybridized carbons (Fsp3) is 0.556. The number of nitrogens with zero attached hydrogens (tertiary/aromatic N) is 2. The molecule has 0 aliphatic rings. The van der Waals surface area contributed by atoms with E-state index in [1.165, 1.54) is 33.6 Å². The van der Waals surface area contributed by atoms with Crippen molar-refractivity contribution in [2.45, 2.75) is 98.7 Å². The number of anilines is 1. The van der Waals surface area contributed by atoms with Crippen LogP contribution in [0.2, 0.25) is 19.6 Å². The molecule has 0 aromatic heterocycles. The van der Waals surface area contributed by atoms with E-state index < -0.39 is 8.24 Å². The molecule has 0 saturated carbocycles. The van der Waals surface area contributed by atoms with E-state index in [0.717, 1.165) is 0 Å². The molecule has 4 heteroatoms. The molecule has 2 aromatic carbocycles. The van der Waals surface area contributed by atoms with Gasteiger partial charge in [-0.05, 0) is 45.9 Å². The Morgan fingerprint density at radius 1 is 0.645 bits per heavy atom. The average Bonchev–Trinajstić information content (AvgIpc) is 2.66. The summed E-state index contributed by atoms with van der Waals surface area (Å²) in [7, 11) is -1.88. The summed E-state index contributed by atoms with van der Waals surface area (Å²) in [5, 5.41) is 0. The Morgan fingerprint density at radius 2 is 1.00 bits per heavy atom. The van der Waals surface area contributed by atoms with Gasteiger partial charge in [0.1, 0.15) is 8.24 Å². The summed E-state index contributed by atoms with van der Waals surface area (Å²) in [6, 6.07) is 13.7. The van der Waals surface area contributed by atoms with Crippen LogP contribution in [0.1, 0.15) is 101 Å². The first-order valence-electron chi connectivity index (χ1n) is 11.9. The first kappa shape index (κ1) is 25.7. The molecule has 2 aromatic rings. The van der Waals surface area contributed by atoms with Gasteiger partial charge in [0.25, 0.3) is 0 Å². The highest BCUT2D eigenvalue weighted by molar-refractivity contribution is 6.86. The quantitative estimate of drug-likeness (QED) is 0.366. The SMILES string of the molecule is CC(C)c1cccc(C(C)C)c1N=[SiH]N(c1c(C(C)C)cccc1C(C)C)[Si](C)(C)C. The van der Waals surface area contributed by atoms with Crippen molar-refractivity contribution in [3.8, 4) is 0 Å². The third-order valence-electron chi connectivity index (χ3n) is 5.95. The lowest BCUT2D eigenvalue weighted by molar-refractivity contribution is 0.833. The van der Waals surface area contributed by atoms with E-state index in [9.17, 15) is 0 Å². The lowest BCUT2D eigenvalue weighted by Crippen LogP contribution is -2.47. The van der Waals surface area contributed by atoms with Gasteiger partial charge < -0.3 is 4.23 Å². The summed E-state index contributed by atoms with van der Waals surface area (Å²) in [6.45, 7) is 25.8. The second-order valence-corrected chi connectivity index (χ2v) is 17.3. The van der Waals surface area contributed by atoms with Crippen molar-refractivity contribution in [2.24, 2.45) is 4.63 Å². The molecule has 31 heavy (non-hydrogen) atoms. The van der Waals surface area contributed by atoms with Gasteiger partial charge >= 0.3 is 0 Å². The van der Waals surface area contributed by atoms with Crippen LogP contribution in [0.3, 0.4) is 0 Å². The lowest BCUT2D eigenvalue weighted by Gasteiger charge is -2.37. The Bertz CT molecular complexity index is 853. The molecular weight excluding hydrogens is 408 g/mol. The number of rotatable bonds is 8. The van der Waals surface area contributed by atoms with E-state index in [-0.39, 0.29) is 9.47 Å². The summed E-state index contributed by atoms with van der Waals surface area (Å²) in [6.07, 6.45) is 0. The summed E-state index contributed by atoms with van der Waals surface area (Å²) >= 11 is 0. The molecule has 2 nitrogen and oxygen atoms in total. The van der Waals surface area contributed by atoms with Gasteiger partial charge in [-0.3, -0.25) is 4.63 Å². The molecule has 0 atom stereocenters. The fourth-order valence-electron chi connectivity index (χ4n) is 4.13. The van der Waals surface area contributed by atoms with Crippen LogP contribution in [0.5, 0.6) is 0 Å². The molecule has 2 rings (SSSR count). The Hall–Kier alpha value is -1.53. The molecule has 170 valence electrons. The lowest BCUT2D eigenvalue weighted by atomic mass is 9.93. The maximum atomic E-state index is 5.44. The fourth-order valence-corrected chi connectivity index (χ4v) is 7.56. The zero-order valence-electron chi connectivity index (χ0n) is 21.7. The first-order chi connectivity index (χ1) is 14.4. The molecule has 0 unspecified atom stereocenters. The summed E-state index contributed by atoms with van der Waals surface area (Å²) in [4.78, 5) is 0. The molecule has 0 heterocycles. The minimum atomic E-state index is -1.65. The van der Waals surface area contributed by atoms with Crippen molar-refractivity contribution in [3.63, 3.8) is 0 Å². The summed E-state index contributed by atoms with van der Waals surface area (Å²) in [5.41, 5.74) is 8.43. The Labute approximate surface area is 195 Å². The zero-order valence-corrected chi connectivity index (χ0v) is 23.9. The van der Waals surface area contributed by atoms with Crippen LogP contribution in [0.15, 0.2) is 41.0 Å². The Morgan fingerprint density at radius 3 is 1.32 bits per heavy atom. The highest BCUT2D eigenvalue weighted by Gasteiger charge is 2.28. The third-order valence-corrected chi connectivity index (χ3v) is 11.2. The van der Waals surface area contributed by atoms with Gasteiger partial charge in [-0.25, -0.2) is 0 Å². The van der Waals surface area contributed by atoms with Gasteiger partial charge in [-0.15, -0.1) is 0 Å². The second kappa shape index (κ2) is 10.4. The highest BCUT2D eigenvalue weighted by atomic mass is 28.4. The second-order valence-electron chi connectivity index (χ2n) is 11.0. The molecule has 0 amide bonds. The molecule has 0 aliphatic carbocycles. The normalized spacial score (nSPS) is 12.7. The van der Waals surface area contributed by atoms with Crippen LogP contribution in [0.4, 0.5) is 11.4 Å². The van der Waals surface area contributed by atoms with E-state index in [1.54, 1.807) is 0 Å². The van der Waals surface area contributed by atoms with E-state index in [4.69, 9.17) is 4.63 Å². The number of hydrogen-bond donors (Lipinski definition) is 0. The Balaban J connectivity index is 2.76. The molecule has 0 N–H and O–H groups in total. The molecule has 0 aliphatic heterocycles. The van der Waals surface area contributed by atoms with Crippen LogP contribution in [0.25, 0.3) is 0 Å². The monoisotopic (exact) mass is 452 g/mol. The predicted octanol–water partition coefficient (Wildman–Crippen LogP) is 8.69. The van der Waals surface area contributed by atoms with Crippen molar-refractivity contribution in [2.75, 3.05) is 4.23 Å². The standard InChI is InChI=1S/C27H44N2Si2/c1-18(2)22-14-12-15-23(19(3)4)26(22)28-30-29(31(9,10)11)27-24(20(5)6)16-13-17-25(27)21(7)8/h12-21,30H,1-11H3. The smallest absolute Gasteiger partial charge is 0.223 e. The van der Waals surface area contributed by atoms with Gasteiger partial charge in [0.05, 0.1) is 5.69 Å². The molecule has 0 radical (unpaired) electrons. The van der Waals surface area contributed by atoms with Crippen LogP contribution in [0, 0.1) is 0 Å². The molecule has 0 spiro atoms. The van der Waals surface area contributed by atoms with Gasteiger partial charge in [0.2, 0.25) is 9.47 Å². The van der Waals surface area contributed by atoms with Crippen molar-refractivity contribution in [1.29, 1.82) is 0 Å². The van der Waals surface area contributed by atoms with Crippen molar-refractivity contribution in [1.82, 2.24) is 0 Å². The third kappa shape index (κ3) is 6.04. The van der Waals surface area contributed by atoms with E-state index in [0.29, 0.717) is 23.7 Å². The van der Waals surface area contributed by atoms with Crippen LogP contribution < -0.4 is 4.23 Å². The van der Waals surface area contributed by atoms with Crippen LogP contribution in [-0.2, 0) is 0 Å². The van der Waals surface area contributed by atoms with Gasteiger partial charge in [0, 0.05) is 5.69 Å². The minimum Gasteiger partial charge on any atom is -0.393 e. The van der Waals surface area contributed by atoms with E-state index in [2.05, 4.69) is 116 Å². The topological polar surface area (TPSA) is 15.6 Å². The zero-order chi connectivity index (χ0) is 23.5. The van der Waals surface area contributed by atoms with E-state index >= 15 is 0 Å². The maximum absolute atomic E-state index is 5.44. The average molecular weight is 453 g/mol. The van der Waals surface area contributed by atoms with Crippen molar-refractivity contribution < 1.29 is 0 Å². The van der Waals surface area contributed by atoms with Crippen LogP contribution >= 0.6 is 0 Å². The minimum absolute atomic E-state index is 0.231. The first-order valence-corrected chi connectivity index (χ1v) is 16.4. The summed E-state index contributed by atoms with van der Waals surface area (Å²) in [5.74, 6) is 1.96. The Kier molecular flexibility index (Phi) is 8.63. The molecule has 0 fully saturated rings. The predicted molar refractivity (Wildman–Crippen MR) is 144 cm³/mol. The van der Waals surface area contributed by atoms with Crippen LogP contribution in [-0.4, -0.2) is 17.7 Å². The van der Waals surface area contributed by atoms with E-state index in [1.807, 2.05) is 0 Å². The molecular formula is C27H44N2Si2. The largest absolute Gasteiger partial charge is 0.393 e. The van der Waals surface area contributed by atoms with Gasteiger partial charge in [-0.2, -0.15) is 0 Å². The number of para-hydroxylation sites is 2. The van der Waals surface area contributed by atoms with Crippen molar-refractivity contribution in [3.05, 3.63) is 58.7 Å². The number of benzene rings is 2. The number of hydrogen-bond acceptors (Lipinski definition) is 1. The van der Waals surface area contributed by atoms with Gasteiger partial charge in [0.15, 0.2) is 0 Å². The van der Waals surface area contributed by atoms with Gasteiger partial charge in [-0.1, -0.05) is 111 Å². The maximum Gasteiger partial charge on any atom is 0.223 e. The molecule has 0 bridgehead atoms.